The molecule has 1 amide bonds. The zero-order valence-electron chi connectivity index (χ0n) is 9.43. The Hall–Kier alpha value is -0.0600. The largest absolute Gasteiger partial charge is 0.338 e. The van der Waals surface area contributed by atoms with Gasteiger partial charge in [0, 0.05) is 18.4 Å². The third-order valence-electron chi connectivity index (χ3n) is 2.32. The van der Waals surface area contributed by atoms with Gasteiger partial charge in [0.15, 0.2) is 0 Å². The lowest BCUT2D eigenvalue weighted by Crippen LogP contribution is -2.31. The SMILES string of the molecule is CCN(CCCBr)C(=O)c1scc(C)c1Cl. The van der Waals surface area contributed by atoms with E-state index in [4.69, 9.17) is 11.6 Å². The van der Waals surface area contributed by atoms with Crippen molar-refractivity contribution >= 4 is 44.8 Å². The monoisotopic (exact) mass is 323 g/mol. The highest BCUT2D eigenvalue weighted by Gasteiger charge is 2.19. The molecule has 0 bridgehead atoms. The number of amides is 1. The summed E-state index contributed by atoms with van der Waals surface area (Å²) in [6, 6.07) is 0. The third-order valence-corrected chi connectivity index (χ3v) is 4.57. The number of halogens is 2. The predicted molar refractivity (Wildman–Crippen MR) is 74.1 cm³/mol. The molecule has 2 nitrogen and oxygen atoms in total. The van der Waals surface area contributed by atoms with Gasteiger partial charge in [-0.25, -0.2) is 0 Å². The van der Waals surface area contributed by atoms with E-state index >= 15 is 0 Å². The lowest BCUT2D eigenvalue weighted by molar-refractivity contribution is 0.0770. The Kier molecular flexibility index (Phi) is 5.79. The van der Waals surface area contributed by atoms with E-state index in [1.165, 1.54) is 11.3 Å². The van der Waals surface area contributed by atoms with Crippen LogP contribution in [0.5, 0.6) is 0 Å². The van der Waals surface area contributed by atoms with Crippen LogP contribution in [0.25, 0.3) is 0 Å². The first kappa shape index (κ1) is 14.0. The quantitative estimate of drug-likeness (QED) is 0.751. The Balaban J connectivity index is 2.79. The summed E-state index contributed by atoms with van der Waals surface area (Å²) in [5.41, 5.74) is 0.978. The van der Waals surface area contributed by atoms with Gasteiger partial charge in [-0.1, -0.05) is 27.5 Å². The van der Waals surface area contributed by atoms with Crippen LogP contribution in [0.4, 0.5) is 0 Å². The molecule has 0 saturated carbocycles. The molecule has 0 radical (unpaired) electrons. The van der Waals surface area contributed by atoms with Gasteiger partial charge >= 0.3 is 0 Å². The number of alkyl halides is 1. The molecule has 1 aromatic heterocycles. The van der Waals surface area contributed by atoms with E-state index in [1.807, 2.05) is 24.1 Å². The summed E-state index contributed by atoms with van der Waals surface area (Å²) in [5.74, 6) is 0.0477. The molecular formula is C11H15BrClNOS. The highest BCUT2D eigenvalue weighted by molar-refractivity contribution is 9.09. The summed E-state index contributed by atoms with van der Waals surface area (Å²) in [6.07, 6.45) is 0.960. The lowest BCUT2D eigenvalue weighted by Gasteiger charge is -2.19. The Morgan fingerprint density at radius 1 is 1.62 bits per heavy atom. The van der Waals surface area contributed by atoms with Crippen molar-refractivity contribution in [1.29, 1.82) is 0 Å². The minimum atomic E-state index is 0.0477. The second-order valence-electron chi connectivity index (χ2n) is 3.49. The van der Waals surface area contributed by atoms with Crippen molar-refractivity contribution in [1.82, 2.24) is 4.90 Å². The van der Waals surface area contributed by atoms with Gasteiger partial charge in [-0.2, -0.15) is 0 Å². The van der Waals surface area contributed by atoms with Gasteiger partial charge in [0.05, 0.1) is 5.02 Å². The Morgan fingerprint density at radius 3 is 2.75 bits per heavy atom. The number of aryl methyl sites for hydroxylation is 1. The molecule has 1 heterocycles. The Morgan fingerprint density at radius 2 is 2.31 bits per heavy atom. The van der Waals surface area contributed by atoms with Gasteiger partial charge in [-0.3, -0.25) is 4.79 Å². The van der Waals surface area contributed by atoms with Crippen molar-refractivity contribution < 1.29 is 4.79 Å². The Labute approximate surface area is 114 Å². The standard InChI is InChI=1S/C11H15BrClNOS/c1-3-14(6-4-5-12)11(15)10-9(13)8(2)7-16-10/h7H,3-6H2,1-2H3. The first-order chi connectivity index (χ1) is 7.61. The van der Waals surface area contributed by atoms with Gasteiger partial charge in [-0.15, -0.1) is 11.3 Å². The van der Waals surface area contributed by atoms with Crippen LogP contribution in [0, 0.1) is 6.92 Å². The minimum absolute atomic E-state index is 0.0477. The van der Waals surface area contributed by atoms with E-state index in [0.29, 0.717) is 9.90 Å². The predicted octanol–water partition coefficient (Wildman–Crippen LogP) is 3.96. The number of carbonyl (C=O) groups is 1. The van der Waals surface area contributed by atoms with Crippen LogP contribution >= 0.6 is 38.9 Å². The first-order valence-electron chi connectivity index (χ1n) is 5.20. The number of hydrogen-bond acceptors (Lipinski definition) is 2. The van der Waals surface area contributed by atoms with E-state index in [0.717, 1.165) is 30.4 Å². The normalized spacial score (nSPS) is 10.5. The summed E-state index contributed by atoms with van der Waals surface area (Å²) < 4.78 is 0. The Bertz CT molecular complexity index is 367. The van der Waals surface area contributed by atoms with Gasteiger partial charge in [0.25, 0.3) is 5.91 Å². The topological polar surface area (TPSA) is 20.3 Å². The van der Waals surface area contributed by atoms with E-state index in [9.17, 15) is 4.79 Å². The molecule has 5 heteroatoms. The fourth-order valence-electron chi connectivity index (χ4n) is 1.37. The molecule has 0 aliphatic heterocycles. The fourth-order valence-corrected chi connectivity index (χ4v) is 2.86. The summed E-state index contributed by atoms with van der Waals surface area (Å²) in [7, 11) is 0. The second-order valence-corrected chi connectivity index (χ2v) is 5.54. The van der Waals surface area contributed by atoms with Crippen LogP contribution in [-0.4, -0.2) is 29.2 Å². The van der Waals surface area contributed by atoms with Crippen LogP contribution < -0.4 is 0 Å². The number of nitrogens with zero attached hydrogens (tertiary/aromatic N) is 1. The molecule has 0 aromatic carbocycles. The summed E-state index contributed by atoms with van der Waals surface area (Å²) in [6.45, 7) is 5.40. The van der Waals surface area contributed by atoms with E-state index in [2.05, 4.69) is 15.9 Å². The molecule has 0 unspecified atom stereocenters. The van der Waals surface area contributed by atoms with Crippen LogP contribution in [-0.2, 0) is 0 Å². The molecule has 0 aliphatic carbocycles. The van der Waals surface area contributed by atoms with Crippen molar-refractivity contribution in [2.24, 2.45) is 0 Å². The number of carbonyl (C=O) groups excluding carboxylic acids is 1. The average Bonchev–Trinajstić information content (AvgIpc) is 2.60. The molecule has 0 aliphatic rings. The first-order valence-corrected chi connectivity index (χ1v) is 7.58. The third kappa shape index (κ3) is 3.22. The molecular weight excluding hydrogens is 310 g/mol. The second kappa shape index (κ2) is 6.62. The van der Waals surface area contributed by atoms with Gasteiger partial charge in [0.2, 0.25) is 0 Å². The molecule has 0 atom stereocenters. The highest BCUT2D eigenvalue weighted by Crippen LogP contribution is 2.28. The van der Waals surface area contributed by atoms with Crippen molar-refractivity contribution in [2.75, 3.05) is 18.4 Å². The van der Waals surface area contributed by atoms with Crippen LogP contribution in [0.3, 0.4) is 0 Å². The van der Waals surface area contributed by atoms with E-state index in [1.54, 1.807) is 0 Å². The van der Waals surface area contributed by atoms with Gasteiger partial charge < -0.3 is 4.90 Å². The van der Waals surface area contributed by atoms with Crippen LogP contribution in [0.1, 0.15) is 28.6 Å². The molecule has 1 rings (SSSR count). The minimum Gasteiger partial charge on any atom is -0.338 e. The fraction of sp³-hybridized carbons (Fsp3) is 0.545. The maximum absolute atomic E-state index is 12.2. The molecule has 1 aromatic rings. The van der Waals surface area contributed by atoms with Gasteiger partial charge in [0.1, 0.15) is 4.88 Å². The maximum atomic E-state index is 12.2. The van der Waals surface area contributed by atoms with Gasteiger partial charge in [-0.05, 0) is 31.2 Å². The highest BCUT2D eigenvalue weighted by atomic mass is 79.9. The lowest BCUT2D eigenvalue weighted by atomic mass is 10.3. The maximum Gasteiger partial charge on any atom is 0.265 e. The van der Waals surface area contributed by atoms with Crippen molar-refractivity contribution in [3.8, 4) is 0 Å². The molecule has 90 valence electrons. The van der Waals surface area contributed by atoms with Crippen molar-refractivity contribution in [3.63, 3.8) is 0 Å². The number of hydrogen-bond donors (Lipinski definition) is 0. The molecule has 0 fully saturated rings. The zero-order valence-corrected chi connectivity index (χ0v) is 12.6. The van der Waals surface area contributed by atoms with E-state index < -0.39 is 0 Å². The smallest absolute Gasteiger partial charge is 0.265 e. The van der Waals surface area contributed by atoms with Crippen molar-refractivity contribution in [3.05, 3.63) is 20.8 Å². The number of rotatable bonds is 5. The van der Waals surface area contributed by atoms with E-state index in [-0.39, 0.29) is 5.91 Å². The average molecular weight is 325 g/mol. The molecule has 0 spiro atoms. The summed E-state index contributed by atoms with van der Waals surface area (Å²) >= 11 is 10.9. The van der Waals surface area contributed by atoms with Crippen LogP contribution in [0.15, 0.2) is 5.38 Å². The molecule has 0 N–H and O–H groups in total. The summed E-state index contributed by atoms with van der Waals surface area (Å²) in [5, 5.41) is 3.44. The van der Waals surface area contributed by atoms with Crippen LogP contribution in [0.2, 0.25) is 5.02 Å². The van der Waals surface area contributed by atoms with Crippen molar-refractivity contribution in [2.45, 2.75) is 20.3 Å². The molecule has 0 saturated heterocycles. The molecule has 16 heavy (non-hydrogen) atoms. The zero-order chi connectivity index (χ0) is 12.1. The summed E-state index contributed by atoms with van der Waals surface area (Å²) in [4.78, 5) is 14.6. The number of thiophene rings is 1.